The van der Waals surface area contributed by atoms with Crippen LogP contribution in [0.1, 0.15) is 13.8 Å². The summed E-state index contributed by atoms with van der Waals surface area (Å²) in [5.41, 5.74) is 0. The molecule has 1 atom stereocenters. The number of nitriles is 1. The average Bonchev–Trinajstić information content (AvgIpc) is 1.38. The summed E-state index contributed by atoms with van der Waals surface area (Å²) in [7, 11) is 0. The van der Waals surface area contributed by atoms with Crippen molar-refractivity contribution in [3.63, 3.8) is 0 Å². The van der Waals surface area contributed by atoms with Crippen LogP contribution in [0.15, 0.2) is 0 Å². The predicted octanol–water partition coefficient (Wildman–Crippen LogP) is 0.399. The summed E-state index contributed by atoms with van der Waals surface area (Å²) >= 11 is 0. The summed E-state index contributed by atoms with van der Waals surface area (Å²) in [5, 5.41) is 7.89. The Morgan fingerprint density at radius 3 is 1.57 bits per heavy atom. The van der Waals surface area contributed by atoms with Crippen LogP contribution in [-0.2, 0) is 0 Å². The summed E-state index contributed by atoms with van der Waals surface area (Å²) < 4.78 is 0. The maximum absolute atomic E-state index is 7.89. The van der Waals surface area contributed by atoms with Crippen molar-refractivity contribution in [3.8, 4) is 6.07 Å². The quantitative estimate of drug-likeness (QED) is 0.428. The summed E-state index contributed by atoms with van der Waals surface area (Å²) in [6.07, 6.45) is 0. The Hall–Kier alpha value is -0.120. The predicted molar refractivity (Wildman–Crippen MR) is 35.2 cm³/mol. The molecule has 0 aromatic rings. The van der Waals surface area contributed by atoms with Gasteiger partial charge in [0.25, 0.3) is 0 Å². The van der Waals surface area contributed by atoms with Crippen molar-refractivity contribution in [1.82, 2.24) is 0 Å². The molecule has 0 aliphatic carbocycles. The second-order valence-electron chi connectivity index (χ2n) is 1.28. The van der Waals surface area contributed by atoms with E-state index >= 15 is 0 Å². The van der Waals surface area contributed by atoms with Crippen LogP contribution in [-0.4, -0.2) is 5.48 Å². The zero-order chi connectivity index (χ0) is 4.28. The van der Waals surface area contributed by atoms with Crippen LogP contribution in [0.4, 0.5) is 0 Å². The highest BCUT2D eigenvalue weighted by molar-refractivity contribution is 6.92. The van der Waals surface area contributed by atoms with Gasteiger partial charge in [0.1, 0.15) is 0 Å². The Kier molecular flexibility index (Phi) is 21.0. The van der Waals surface area contributed by atoms with Gasteiger partial charge in [0.2, 0.25) is 0 Å². The van der Waals surface area contributed by atoms with E-state index in [1.165, 1.54) is 0 Å². The Morgan fingerprint density at radius 1 is 1.43 bits per heavy atom. The van der Waals surface area contributed by atoms with E-state index in [4.69, 9.17) is 5.26 Å². The summed E-state index contributed by atoms with van der Waals surface area (Å²) in [6, 6.07) is 2.03. The Bertz CT molecular complexity index is 57.2. The summed E-state index contributed by atoms with van der Waals surface area (Å²) in [6.45, 7) is 3.72. The van der Waals surface area contributed by atoms with Gasteiger partial charge in [0.15, 0.2) is 0 Å². The zero-order valence-corrected chi connectivity index (χ0v) is 6.15. The molecular formula is C4H12NOP. The standard InChI is InChI=1S/C4H7N.H2O.H3P/c1-4(2)3-5;;/h4H,1-2H3;1H2;1H3. The molecule has 44 valence electrons. The van der Waals surface area contributed by atoms with Crippen LogP contribution in [0.5, 0.6) is 0 Å². The first kappa shape index (κ1) is 15.8. The van der Waals surface area contributed by atoms with Gasteiger partial charge < -0.3 is 5.48 Å². The van der Waals surface area contributed by atoms with Gasteiger partial charge in [-0.05, 0) is 13.8 Å². The SMILES string of the molecule is CC(C)C#N.O.P. The fourth-order valence-electron chi connectivity index (χ4n) is 0. The number of nitrogens with zero attached hydrogens (tertiary/aromatic N) is 1. The molecule has 0 aromatic carbocycles. The molecule has 7 heavy (non-hydrogen) atoms. The van der Waals surface area contributed by atoms with E-state index in [-0.39, 0.29) is 21.3 Å². The van der Waals surface area contributed by atoms with Crippen LogP contribution in [0.3, 0.4) is 0 Å². The largest absolute Gasteiger partial charge is 0.412 e. The molecule has 0 aromatic heterocycles. The van der Waals surface area contributed by atoms with Crippen LogP contribution >= 0.6 is 9.90 Å². The lowest BCUT2D eigenvalue weighted by Gasteiger charge is -1.75. The van der Waals surface area contributed by atoms with Crippen molar-refractivity contribution in [2.45, 2.75) is 13.8 Å². The normalized spacial score (nSPS) is 5.43. The van der Waals surface area contributed by atoms with Gasteiger partial charge in [-0.1, -0.05) is 0 Å². The lowest BCUT2D eigenvalue weighted by atomic mass is 10.3. The van der Waals surface area contributed by atoms with Crippen molar-refractivity contribution in [3.05, 3.63) is 0 Å². The first-order valence-corrected chi connectivity index (χ1v) is 1.67. The van der Waals surface area contributed by atoms with E-state index in [0.29, 0.717) is 0 Å². The minimum absolute atomic E-state index is 0. The third kappa shape index (κ3) is 25.0. The first-order valence-electron chi connectivity index (χ1n) is 1.67. The van der Waals surface area contributed by atoms with Crippen molar-refractivity contribution >= 4 is 9.90 Å². The van der Waals surface area contributed by atoms with Crippen LogP contribution in [0, 0.1) is 17.2 Å². The lowest BCUT2D eigenvalue weighted by Crippen LogP contribution is -1.72. The third-order valence-electron chi connectivity index (χ3n) is 0.258. The summed E-state index contributed by atoms with van der Waals surface area (Å²) in [4.78, 5) is 0. The third-order valence-corrected chi connectivity index (χ3v) is 0.258. The monoisotopic (exact) mass is 121 g/mol. The second-order valence-corrected chi connectivity index (χ2v) is 1.28. The zero-order valence-electron chi connectivity index (χ0n) is 4.73. The molecule has 0 radical (unpaired) electrons. The number of hydrogen-bond acceptors (Lipinski definition) is 1. The minimum Gasteiger partial charge on any atom is -0.412 e. The molecule has 0 saturated heterocycles. The first-order chi connectivity index (χ1) is 2.27. The van der Waals surface area contributed by atoms with Crippen LogP contribution in [0.25, 0.3) is 0 Å². The van der Waals surface area contributed by atoms with Crippen molar-refractivity contribution < 1.29 is 5.48 Å². The second kappa shape index (κ2) is 9.30. The van der Waals surface area contributed by atoms with Gasteiger partial charge in [0, 0.05) is 5.92 Å². The van der Waals surface area contributed by atoms with Gasteiger partial charge >= 0.3 is 0 Å². The molecule has 0 amide bonds. The van der Waals surface area contributed by atoms with E-state index in [0.717, 1.165) is 0 Å². The smallest absolute Gasteiger partial charge is 0.0649 e. The van der Waals surface area contributed by atoms with Crippen molar-refractivity contribution in [2.75, 3.05) is 0 Å². The highest BCUT2D eigenvalue weighted by Gasteiger charge is 1.78. The number of hydrogen-bond donors (Lipinski definition) is 0. The molecule has 0 rings (SSSR count). The average molecular weight is 121 g/mol. The molecule has 0 heterocycles. The highest BCUT2D eigenvalue weighted by atomic mass is 31.0. The molecule has 1 unspecified atom stereocenters. The van der Waals surface area contributed by atoms with E-state index in [1.807, 2.05) is 19.9 Å². The molecule has 2 N–H and O–H groups in total. The molecule has 2 nitrogen and oxygen atoms in total. The Morgan fingerprint density at radius 2 is 1.57 bits per heavy atom. The number of rotatable bonds is 0. The van der Waals surface area contributed by atoms with E-state index in [1.54, 1.807) is 0 Å². The molecule has 0 saturated carbocycles. The van der Waals surface area contributed by atoms with Crippen LogP contribution in [0.2, 0.25) is 0 Å². The fourth-order valence-corrected chi connectivity index (χ4v) is 0. The van der Waals surface area contributed by atoms with E-state index in [9.17, 15) is 0 Å². The Labute approximate surface area is 47.5 Å². The molecule has 0 spiro atoms. The molecular weight excluding hydrogens is 109 g/mol. The molecule has 0 aliphatic heterocycles. The highest BCUT2D eigenvalue weighted by Crippen LogP contribution is 1.81. The topological polar surface area (TPSA) is 55.3 Å². The lowest BCUT2D eigenvalue weighted by molar-refractivity contribution is 0.824. The van der Waals surface area contributed by atoms with Gasteiger partial charge in [-0.15, -0.1) is 0 Å². The minimum atomic E-state index is 0. The van der Waals surface area contributed by atoms with Crippen LogP contribution < -0.4 is 0 Å². The van der Waals surface area contributed by atoms with E-state index < -0.39 is 0 Å². The summed E-state index contributed by atoms with van der Waals surface area (Å²) in [5.74, 6) is 0.190. The fraction of sp³-hybridized carbons (Fsp3) is 0.750. The van der Waals surface area contributed by atoms with Gasteiger partial charge in [-0.2, -0.15) is 15.2 Å². The maximum atomic E-state index is 7.89. The van der Waals surface area contributed by atoms with E-state index in [2.05, 4.69) is 0 Å². The van der Waals surface area contributed by atoms with Crippen molar-refractivity contribution in [1.29, 1.82) is 5.26 Å². The molecule has 0 fully saturated rings. The van der Waals surface area contributed by atoms with Gasteiger partial charge in [0.05, 0.1) is 6.07 Å². The molecule has 0 aliphatic rings. The molecule has 3 heteroatoms. The van der Waals surface area contributed by atoms with Gasteiger partial charge in [-0.25, -0.2) is 0 Å². The molecule has 0 bridgehead atoms. The Balaban J connectivity index is -0.0000000800. The van der Waals surface area contributed by atoms with Crippen molar-refractivity contribution in [2.24, 2.45) is 5.92 Å². The maximum Gasteiger partial charge on any atom is 0.0649 e. The van der Waals surface area contributed by atoms with Gasteiger partial charge in [-0.3, -0.25) is 0 Å².